The van der Waals surface area contributed by atoms with E-state index in [4.69, 9.17) is 9.15 Å². The summed E-state index contributed by atoms with van der Waals surface area (Å²) < 4.78 is 23.9. The molecule has 0 radical (unpaired) electrons. The van der Waals surface area contributed by atoms with Crippen molar-refractivity contribution in [1.29, 1.82) is 0 Å². The van der Waals surface area contributed by atoms with Crippen molar-refractivity contribution in [2.45, 2.75) is 45.1 Å². The van der Waals surface area contributed by atoms with Crippen LogP contribution < -0.4 is 0 Å². The molecule has 2 aromatic carbocycles. The summed E-state index contributed by atoms with van der Waals surface area (Å²) in [6, 6.07) is 11.4. The second-order valence-corrected chi connectivity index (χ2v) is 7.34. The molecular weight excluding hydrogens is 387 g/mol. The monoisotopic (exact) mass is 408 g/mol. The van der Waals surface area contributed by atoms with E-state index in [9.17, 15) is 14.0 Å². The third-order valence-electron chi connectivity index (χ3n) is 5.16. The van der Waals surface area contributed by atoms with E-state index in [0.717, 1.165) is 19.3 Å². The Bertz CT molecular complexity index is 1080. The van der Waals surface area contributed by atoms with Crippen LogP contribution in [0.4, 0.5) is 4.39 Å². The highest BCUT2D eigenvalue weighted by Crippen LogP contribution is 2.25. The molecule has 1 aromatic heterocycles. The van der Waals surface area contributed by atoms with Crippen LogP contribution in [-0.4, -0.2) is 21.9 Å². The number of aromatic nitrogens is 2. The van der Waals surface area contributed by atoms with Crippen molar-refractivity contribution in [3.05, 3.63) is 70.9 Å². The molecule has 154 valence electrons. The fourth-order valence-corrected chi connectivity index (χ4v) is 3.52. The number of carbonyl (C=O) groups excluding carboxylic acids is 2. The first-order valence-corrected chi connectivity index (χ1v) is 9.93. The Hall–Kier alpha value is -3.35. The minimum Gasteiger partial charge on any atom is -0.453 e. The molecule has 0 aliphatic heterocycles. The molecule has 0 spiro atoms. The van der Waals surface area contributed by atoms with Crippen molar-refractivity contribution in [3.8, 4) is 11.5 Å². The molecule has 3 aromatic rings. The summed E-state index contributed by atoms with van der Waals surface area (Å²) in [5, 5.41) is 7.79. The van der Waals surface area contributed by atoms with Crippen molar-refractivity contribution in [1.82, 2.24) is 10.2 Å². The maximum absolute atomic E-state index is 13.0. The van der Waals surface area contributed by atoms with E-state index in [-0.39, 0.29) is 36.2 Å². The van der Waals surface area contributed by atoms with Crippen LogP contribution in [0, 0.1) is 5.82 Å². The van der Waals surface area contributed by atoms with Gasteiger partial charge in [0.25, 0.3) is 5.89 Å². The predicted octanol–water partition coefficient (Wildman–Crippen LogP) is 4.63. The largest absolute Gasteiger partial charge is 0.453 e. The molecule has 30 heavy (non-hydrogen) atoms. The van der Waals surface area contributed by atoms with Crippen LogP contribution in [0.2, 0.25) is 0 Å². The molecule has 7 heteroatoms. The molecule has 4 rings (SSSR count). The normalized spacial score (nSPS) is 13.7. The Morgan fingerprint density at radius 2 is 1.83 bits per heavy atom. The van der Waals surface area contributed by atoms with Gasteiger partial charge in [-0.05, 0) is 67.6 Å². The van der Waals surface area contributed by atoms with Gasteiger partial charge < -0.3 is 9.15 Å². The minimum atomic E-state index is -0.755. The molecule has 0 fully saturated rings. The lowest BCUT2D eigenvalue weighted by atomic mass is 10.0. The van der Waals surface area contributed by atoms with Crippen LogP contribution >= 0.6 is 0 Å². The van der Waals surface area contributed by atoms with Crippen LogP contribution in [0.3, 0.4) is 0 Å². The van der Waals surface area contributed by atoms with Crippen LogP contribution in [0.25, 0.3) is 11.5 Å². The number of nitrogens with zero attached hydrogens (tertiary/aromatic N) is 2. The van der Waals surface area contributed by atoms with Gasteiger partial charge in [-0.25, -0.2) is 4.39 Å². The van der Waals surface area contributed by atoms with Crippen LogP contribution in [-0.2, 0) is 22.4 Å². The molecule has 0 saturated carbocycles. The second kappa shape index (κ2) is 8.57. The van der Waals surface area contributed by atoms with Crippen molar-refractivity contribution in [3.63, 3.8) is 0 Å². The summed E-state index contributed by atoms with van der Waals surface area (Å²) >= 11 is 0. The number of hydrogen-bond acceptors (Lipinski definition) is 6. The average molecular weight is 408 g/mol. The smallest absolute Gasteiger partial charge is 0.307 e. The van der Waals surface area contributed by atoms with Crippen molar-refractivity contribution >= 4 is 11.8 Å². The molecule has 0 bridgehead atoms. The summed E-state index contributed by atoms with van der Waals surface area (Å²) in [7, 11) is 0. The topological polar surface area (TPSA) is 82.3 Å². The van der Waals surface area contributed by atoms with Gasteiger partial charge in [0, 0.05) is 17.5 Å². The van der Waals surface area contributed by atoms with E-state index in [0.29, 0.717) is 11.1 Å². The summed E-state index contributed by atoms with van der Waals surface area (Å²) in [5.74, 6) is -0.619. The summed E-state index contributed by atoms with van der Waals surface area (Å²) in [5.41, 5.74) is 3.73. The van der Waals surface area contributed by atoms with Gasteiger partial charge in [-0.1, -0.05) is 12.1 Å². The fraction of sp³-hybridized carbons (Fsp3) is 0.304. The molecule has 0 saturated heterocycles. The van der Waals surface area contributed by atoms with E-state index >= 15 is 0 Å². The van der Waals surface area contributed by atoms with Crippen molar-refractivity contribution in [2.75, 3.05) is 0 Å². The number of benzene rings is 2. The number of halogens is 1. The number of ketones is 1. The maximum atomic E-state index is 13.0. The van der Waals surface area contributed by atoms with Crippen LogP contribution in [0.15, 0.2) is 46.9 Å². The number of rotatable bonds is 7. The number of Topliss-reactive ketones (excluding diaryl/α,β-unsaturated/α-hetero) is 1. The number of carbonyl (C=O) groups is 2. The van der Waals surface area contributed by atoms with Gasteiger partial charge in [-0.15, -0.1) is 10.2 Å². The van der Waals surface area contributed by atoms with E-state index in [2.05, 4.69) is 10.2 Å². The summed E-state index contributed by atoms with van der Waals surface area (Å²) in [6.45, 7) is 1.61. The Balaban J connectivity index is 1.30. The first-order valence-electron chi connectivity index (χ1n) is 9.93. The Labute approximate surface area is 173 Å². The molecular formula is C23H21FN2O4. The van der Waals surface area contributed by atoms with Gasteiger partial charge in [0.1, 0.15) is 5.82 Å². The zero-order chi connectivity index (χ0) is 21.1. The minimum absolute atomic E-state index is 0.0286. The molecule has 6 nitrogen and oxygen atoms in total. The third-order valence-corrected chi connectivity index (χ3v) is 5.16. The highest BCUT2D eigenvalue weighted by molar-refractivity contribution is 5.97. The Kier molecular flexibility index (Phi) is 5.70. The number of aryl methyl sites for hydroxylation is 2. The third kappa shape index (κ3) is 4.45. The Morgan fingerprint density at radius 1 is 1.07 bits per heavy atom. The average Bonchev–Trinajstić information content (AvgIpc) is 3.41. The quantitative estimate of drug-likeness (QED) is 0.419. The maximum Gasteiger partial charge on any atom is 0.307 e. The Morgan fingerprint density at radius 3 is 2.63 bits per heavy atom. The van der Waals surface area contributed by atoms with E-state index in [1.165, 1.54) is 35.4 Å². The highest BCUT2D eigenvalue weighted by atomic mass is 19.1. The van der Waals surface area contributed by atoms with Crippen LogP contribution in [0.5, 0.6) is 0 Å². The number of fused-ring (bicyclic) bond motifs is 1. The number of hydrogen-bond donors (Lipinski definition) is 0. The number of ether oxygens (including phenoxy) is 1. The van der Waals surface area contributed by atoms with Gasteiger partial charge in [0.2, 0.25) is 5.89 Å². The summed E-state index contributed by atoms with van der Waals surface area (Å²) in [4.78, 5) is 24.6. The molecule has 1 aliphatic rings. The lowest BCUT2D eigenvalue weighted by molar-refractivity contribution is -0.149. The molecule has 1 atom stereocenters. The van der Waals surface area contributed by atoms with Gasteiger partial charge in [0.05, 0.1) is 6.42 Å². The van der Waals surface area contributed by atoms with E-state index in [1.54, 1.807) is 6.92 Å². The highest BCUT2D eigenvalue weighted by Gasteiger charge is 2.20. The van der Waals surface area contributed by atoms with E-state index < -0.39 is 12.1 Å². The number of esters is 1. The van der Waals surface area contributed by atoms with Crippen LogP contribution in [0.1, 0.15) is 59.7 Å². The van der Waals surface area contributed by atoms with Crippen molar-refractivity contribution in [2.24, 2.45) is 0 Å². The molecule has 1 aliphatic carbocycles. The first kappa shape index (κ1) is 19.9. The van der Waals surface area contributed by atoms with Gasteiger partial charge in [-0.3, -0.25) is 9.59 Å². The molecule has 0 amide bonds. The fourth-order valence-electron chi connectivity index (χ4n) is 3.52. The molecule has 0 N–H and O–H groups in total. The van der Waals surface area contributed by atoms with E-state index in [1.807, 2.05) is 18.2 Å². The van der Waals surface area contributed by atoms with Crippen molar-refractivity contribution < 1.29 is 23.1 Å². The summed E-state index contributed by atoms with van der Waals surface area (Å²) in [6.07, 6.45) is 2.48. The lowest BCUT2D eigenvalue weighted by Gasteiger charge is -2.09. The predicted molar refractivity (Wildman–Crippen MR) is 106 cm³/mol. The zero-order valence-electron chi connectivity index (χ0n) is 16.6. The standard InChI is InChI=1S/C23H21FN2O4/c1-14(22-25-26-23(30-22)16-7-9-19(24)10-8-16)29-21(28)12-11-20(27)18-6-5-15-3-2-4-17(15)13-18/h5-10,13-14H,2-4,11-12H2,1H3/t14-/m1/s1. The van der Waals surface area contributed by atoms with Gasteiger partial charge >= 0.3 is 5.97 Å². The zero-order valence-corrected chi connectivity index (χ0v) is 16.6. The molecule has 0 unspecified atom stereocenters. The van der Waals surface area contributed by atoms with Gasteiger partial charge in [-0.2, -0.15) is 0 Å². The second-order valence-electron chi connectivity index (χ2n) is 7.34. The first-order chi connectivity index (χ1) is 14.5. The lowest BCUT2D eigenvalue weighted by Crippen LogP contribution is -2.11. The SMILES string of the molecule is C[C@@H](OC(=O)CCC(=O)c1ccc2c(c1)CCC2)c1nnc(-c2ccc(F)cc2)o1. The van der Waals surface area contributed by atoms with Gasteiger partial charge in [0.15, 0.2) is 11.9 Å². The molecule has 1 heterocycles.